The molecule has 1 unspecified atom stereocenters. The second kappa shape index (κ2) is 6.03. The predicted octanol–water partition coefficient (Wildman–Crippen LogP) is 0.179. The fourth-order valence-electron chi connectivity index (χ4n) is 0. The largest absolute Gasteiger partial charge is 0.503 e. The summed E-state index contributed by atoms with van der Waals surface area (Å²) in [5.74, 6) is -0.185. The standard InChI is InChI=1S/C4H8O2.CH2O3/c1-3(5)4(2)6;2-1(3)4/h3,5H,1-2H3;(H2,2,3,4). The summed E-state index contributed by atoms with van der Waals surface area (Å²) in [6.07, 6.45) is -2.62. The molecule has 0 aliphatic carbocycles. The number of hydrogen-bond donors (Lipinski definition) is 3. The van der Waals surface area contributed by atoms with E-state index in [2.05, 4.69) is 0 Å². The molecule has 0 amide bonds. The number of carboxylic acid groups (broad SMARTS) is 2. The van der Waals surface area contributed by atoms with Crippen LogP contribution in [-0.2, 0) is 4.79 Å². The van der Waals surface area contributed by atoms with E-state index in [0.29, 0.717) is 0 Å². The predicted molar refractivity (Wildman–Crippen MR) is 33.0 cm³/mol. The zero-order valence-corrected chi connectivity index (χ0v) is 5.74. The Morgan fingerprint density at radius 1 is 1.30 bits per heavy atom. The molecule has 3 N–H and O–H groups in total. The van der Waals surface area contributed by atoms with Crippen LogP contribution in [0.3, 0.4) is 0 Å². The van der Waals surface area contributed by atoms with E-state index in [1.54, 1.807) is 0 Å². The van der Waals surface area contributed by atoms with Crippen molar-refractivity contribution in [2.75, 3.05) is 0 Å². The van der Waals surface area contributed by atoms with Crippen molar-refractivity contribution < 1.29 is 24.9 Å². The molecular weight excluding hydrogens is 140 g/mol. The summed E-state index contributed by atoms with van der Waals surface area (Å²) in [5, 5.41) is 22.2. The monoisotopic (exact) mass is 150 g/mol. The second-order valence-electron chi connectivity index (χ2n) is 1.57. The maximum atomic E-state index is 9.89. The molecule has 0 aromatic rings. The Kier molecular flexibility index (Phi) is 7.03. The van der Waals surface area contributed by atoms with Gasteiger partial charge in [-0.05, 0) is 13.8 Å². The summed E-state index contributed by atoms with van der Waals surface area (Å²) in [5.41, 5.74) is 0. The van der Waals surface area contributed by atoms with Crippen molar-refractivity contribution in [3.05, 3.63) is 0 Å². The van der Waals surface area contributed by atoms with Crippen LogP contribution in [0.1, 0.15) is 13.8 Å². The third-order valence-corrected chi connectivity index (χ3v) is 0.588. The first-order valence-corrected chi connectivity index (χ1v) is 2.48. The smallest absolute Gasteiger partial charge is 0.450 e. The summed E-state index contributed by atoms with van der Waals surface area (Å²) < 4.78 is 0. The van der Waals surface area contributed by atoms with Crippen molar-refractivity contribution in [1.82, 2.24) is 0 Å². The lowest BCUT2D eigenvalue weighted by Crippen LogP contribution is -2.10. The number of rotatable bonds is 1. The van der Waals surface area contributed by atoms with Crippen LogP contribution in [-0.4, -0.2) is 33.4 Å². The van der Waals surface area contributed by atoms with Gasteiger partial charge >= 0.3 is 6.16 Å². The summed E-state index contributed by atoms with van der Waals surface area (Å²) >= 11 is 0. The number of carbonyl (C=O) groups excluding carboxylic acids is 1. The SMILES string of the molecule is CC(=O)C(C)O.O=C(O)O. The van der Waals surface area contributed by atoms with Crippen LogP contribution in [0.4, 0.5) is 4.79 Å². The van der Waals surface area contributed by atoms with Crippen LogP contribution in [0.15, 0.2) is 0 Å². The minimum atomic E-state index is -1.83. The minimum absolute atomic E-state index is 0.185. The summed E-state index contributed by atoms with van der Waals surface area (Å²) in [6.45, 7) is 2.80. The molecule has 0 rings (SSSR count). The van der Waals surface area contributed by atoms with Crippen molar-refractivity contribution in [3.63, 3.8) is 0 Å². The Bertz CT molecular complexity index is 113. The Labute approximate surface area is 57.9 Å². The molecule has 0 saturated carbocycles. The lowest BCUT2D eigenvalue weighted by atomic mass is 10.3. The van der Waals surface area contributed by atoms with Crippen LogP contribution in [0, 0.1) is 0 Å². The Balaban J connectivity index is 0. The molecule has 0 heterocycles. The number of hydrogen-bond acceptors (Lipinski definition) is 3. The first kappa shape index (κ1) is 11.7. The van der Waals surface area contributed by atoms with Crippen molar-refractivity contribution in [1.29, 1.82) is 0 Å². The van der Waals surface area contributed by atoms with E-state index >= 15 is 0 Å². The number of aliphatic hydroxyl groups excluding tert-OH is 1. The fraction of sp³-hybridized carbons (Fsp3) is 0.600. The van der Waals surface area contributed by atoms with Crippen LogP contribution in [0.2, 0.25) is 0 Å². The lowest BCUT2D eigenvalue weighted by Gasteiger charge is -1.90. The summed E-state index contributed by atoms with van der Waals surface area (Å²) in [6, 6.07) is 0. The van der Waals surface area contributed by atoms with Gasteiger partial charge in [0.1, 0.15) is 6.10 Å². The van der Waals surface area contributed by atoms with Gasteiger partial charge in [-0.25, -0.2) is 4.79 Å². The molecule has 0 aromatic heterocycles. The van der Waals surface area contributed by atoms with Gasteiger partial charge in [0.15, 0.2) is 5.78 Å². The third-order valence-electron chi connectivity index (χ3n) is 0.588. The lowest BCUT2D eigenvalue weighted by molar-refractivity contribution is -0.124. The fourth-order valence-corrected chi connectivity index (χ4v) is 0. The van der Waals surface area contributed by atoms with E-state index < -0.39 is 12.3 Å². The van der Waals surface area contributed by atoms with E-state index in [9.17, 15) is 4.79 Å². The molecule has 0 spiro atoms. The molecule has 5 nitrogen and oxygen atoms in total. The van der Waals surface area contributed by atoms with E-state index in [4.69, 9.17) is 20.1 Å². The number of Topliss-reactive ketones (excluding diaryl/α,β-unsaturated/α-hetero) is 1. The first-order chi connectivity index (χ1) is 4.37. The molecule has 0 fully saturated rings. The molecule has 1 atom stereocenters. The van der Waals surface area contributed by atoms with Gasteiger partial charge in [0.05, 0.1) is 0 Å². The minimum Gasteiger partial charge on any atom is -0.450 e. The van der Waals surface area contributed by atoms with E-state index in [1.807, 2.05) is 0 Å². The number of carbonyl (C=O) groups is 2. The van der Waals surface area contributed by atoms with Crippen LogP contribution >= 0.6 is 0 Å². The molecule has 0 aromatic carbocycles. The van der Waals surface area contributed by atoms with Crippen LogP contribution in [0.5, 0.6) is 0 Å². The Morgan fingerprint density at radius 3 is 1.40 bits per heavy atom. The average Bonchev–Trinajstić information content (AvgIpc) is 1.63. The average molecular weight is 150 g/mol. The maximum absolute atomic E-state index is 9.89. The van der Waals surface area contributed by atoms with Gasteiger partial charge in [-0.3, -0.25) is 4.79 Å². The van der Waals surface area contributed by atoms with Gasteiger partial charge < -0.3 is 15.3 Å². The van der Waals surface area contributed by atoms with Gasteiger partial charge in [0, 0.05) is 0 Å². The highest BCUT2D eigenvalue weighted by Crippen LogP contribution is 1.76. The van der Waals surface area contributed by atoms with Gasteiger partial charge in [0.25, 0.3) is 0 Å². The normalized spacial score (nSPS) is 10.7. The van der Waals surface area contributed by atoms with Crippen LogP contribution in [0.25, 0.3) is 0 Å². The molecule has 0 aliphatic rings. The summed E-state index contributed by atoms with van der Waals surface area (Å²) in [7, 11) is 0. The van der Waals surface area contributed by atoms with Crippen LogP contribution < -0.4 is 0 Å². The molecule has 0 bridgehead atoms. The van der Waals surface area contributed by atoms with E-state index in [1.165, 1.54) is 13.8 Å². The highest BCUT2D eigenvalue weighted by Gasteiger charge is 1.97. The quantitative estimate of drug-likeness (QED) is 0.495. The topological polar surface area (TPSA) is 94.8 Å². The van der Waals surface area contributed by atoms with Gasteiger partial charge in [0.2, 0.25) is 0 Å². The number of aliphatic hydroxyl groups is 1. The molecule has 5 heteroatoms. The van der Waals surface area contributed by atoms with E-state index in [0.717, 1.165) is 0 Å². The van der Waals surface area contributed by atoms with Crippen molar-refractivity contribution in [2.24, 2.45) is 0 Å². The third kappa shape index (κ3) is 28.6. The first-order valence-electron chi connectivity index (χ1n) is 2.48. The van der Waals surface area contributed by atoms with E-state index in [-0.39, 0.29) is 5.78 Å². The second-order valence-corrected chi connectivity index (χ2v) is 1.57. The van der Waals surface area contributed by atoms with Crippen molar-refractivity contribution in [2.45, 2.75) is 20.0 Å². The van der Waals surface area contributed by atoms with Crippen molar-refractivity contribution in [3.8, 4) is 0 Å². The maximum Gasteiger partial charge on any atom is 0.503 e. The Hall–Kier alpha value is -1.10. The zero-order valence-electron chi connectivity index (χ0n) is 5.74. The van der Waals surface area contributed by atoms with Gasteiger partial charge in [-0.1, -0.05) is 0 Å². The zero-order chi connectivity index (χ0) is 8.73. The Morgan fingerprint density at radius 2 is 1.40 bits per heavy atom. The number of ketones is 1. The van der Waals surface area contributed by atoms with Crippen molar-refractivity contribution >= 4 is 11.9 Å². The molecular formula is C5H10O5. The molecule has 60 valence electrons. The molecule has 10 heavy (non-hydrogen) atoms. The summed E-state index contributed by atoms with van der Waals surface area (Å²) in [4.78, 5) is 18.4. The molecule has 0 saturated heterocycles. The molecule has 0 radical (unpaired) electrons. The van der Waals surface area contributed by atoms with Gasteiger partial charge in [-0.15, -0.1) is 0 Å². The highest BCUT2D eigenvalue weighted by atomic mass is 16.6. The van der Waals surface area contributed by atoms with Gasteiger partial charge in [-0.2, -0.15) is 0 Å². The highest BCUT2D eigenvalue weighted by molar-refractivity contribution is 5.79. The molecule has 0 aliphatic heterocycles.